The van der Waals surface area contributed by atoms with E-state index < -0.39 is 0 Å². The Kier molecular flexibility index (Phi) is 27.4. The molecule has 6 heteroatoms. The lowest BCUT2D eigenvalue weighted by Gasteiger charge is -2.27. The summed E-state index contributed by atoms with van der Waals surface area (Å²) in [6.45, 7) is 11.9. The molecule has 0 heterocycles. The van der Waals surface area contributed by atoms with E-state index in [0.717, 1.165) is 70.9 Å². The summed E-state index contributed by atoms with van der Waals surface area (Å²) in [5.74, 6) is 0.808. The van der Waals surface area contributed by atoms with Crippen LogP contribution in [0.3, 0.4) is 0 Å². The van der Waals surface area contributed by atoms with Crippen LogP contribution in [0.5, 0.6) is 0 Å². The number of ether oxygens (including phenoxy) is 1. The Morgan fingerprint density at radius 3 is 1.77 bits per heavy atom. The number of Topliss-reactive ketones (excluding diaryl/α,β-unsaturated/α-hetero) is 1. The topological polar surface area (TPSA) is 70.1 Å². The summed E-state index contributed by atoms with van der Waals surface area (Å²) in [7, 11) is 0. The summed E-state index contributed by atoms with van der Waals surface area (Å²) in [5, 5.41) is 9.61. The second-order valence-corrected chi connectivity index (χ2v) is 13.8. The second-order valence-electron chi connectivity index (χ2n) is 13.8. The van der Waals surface area contributed by atoms with Gasteiger partial charge in [-0.1, -0.05) is 104 Å². The molecule has 44 heavy (non-hydrogen) atoms. The molecular weight excluding hydrogens is 548 g/mol. The first-order chi connectivity index (χ1) is 21.5. The van der Waals surface area contributed by atoms with Crippen LogP contribution in [0.4, 0.5) is 0 Å². The zero-order valence-corrected chi connectivity index (χ0v) is 29.6. The molecule has 0 aromatic heterocycles. The second kappa shape index (κ2) is 29.4. The zero-order chi connectivity index (χ0) is 32.1. The monoisotopic (exact) mass is 623 g/mol. The summed E-state index contributed by atoms with van der Waals surface area (Å²) in [6, 6.07) is 0.737. The van der Waals surface area contributed by atoms with Crippen molar-refractivity contribution in [2.75, 3.05) is 45.9 Å². The minimum atomic E-state index is -0.0171. The van der Waals surface area contributed by atoms with E-state index in [1.165, 1.54) is 109 Å². The molecule has 0 radical (unpaired) electrons. The highest BCUT2D eigenvalue weighted by atomic mass is 16.5. The first-order valence-electron chi connectivity index (χ1n) is 19.2. The van der Waals surface area contributed by atoms with Gasteiger partial charge in [0.1, 0.15) is 5.78 Å². The molecule has 260 valence electrons. The van der Waals surface area contributed by atoms with Gasteiger partial charge in [-0.15, -0.1) is 0 Å². The molecule has 0 unspecified atom stereocenters. The van der Waals surface area contributed by atoms with Crippen LogP contribution in [0.1, 0.15) is 175 Å². The van der Waals surface area contributed by atoms with Crippen molar-refractivity contribution in [1.82, 2.24) is 9.80 Å². The van der Waals surface area contributed by atoms with Gasteiger partial charge >= 0.3 is 5.97 Å². The molecule has 0 aromatic rings. The van der Waals surface area contributed by atoms with E-state index in [1.807, 2.05) is 0 Å². The molecule has 0 atom stereocenters. The van der Waals surface area contributed by atoms with Crippen LogP contribution in [-0.2, 0) is 14.3 Å². The largest absolute Gasteiger partial charge is 0.465 e. The number of aliphatic hydroxyl groups is 1. The molecule has 0 bridgehead atoms. The highest BCUT2D eigenvalue weighted by molar-refractivity contribution is 5.75. The predicted octanol–water partition coefficient (Wildman–Crippen LogP) is 9.12. The number of ketones is 1. The molecule has 6 nitrogen and oxygen atoms in total. The van der Waals surface area contributed by atoms with Crippen LogP contribution in [0, 0.1) is 5.92 Å². The van der Waals surface area contributed by atoms with Crippen LogP contribution in [0.15, 0.2) is 0 Å². The van der Waals surface area contributed by atoms with Gasteiger partial charge in [0.15, 0.2) is 0 Å². The fourth-order valence-corrected chi connectivity index (χ4v) is 6.33. The number of esters is 1. The Balaban J connectivity index is 2.26. The van der Waals surface area contributed by atoms with E-state index in [9.17, 15) is 14.7 Å². The number of carbonyl (C=O) groups is 2. The Labute approximate surface area is 273 Å². The Hall–Kier alpha value is -0.980. The van der Waals surface area contributed by atoms with Gasteiger partial charge in [-0.3, -0.25) is 14.6 Å². The van der Waals surface area contributed by atoms with Crippen LogP contribution in [0.25, 0.3) is 0 Å². The molecule has 1 rings (SSSR count). The molecule has 0 spiro atoms. The van der Waals surface area contributed by atoms with E-state index in [1.54, 1.807) is 6.92 Å². The van der Waals surface area contributed by atoms with E-state index in [-0.39, 0.29) is 12.6 Å². The van der Waals surface area contributed by atoms with Crippen LogP contribution in [-0.4, -0.2) is 78.6 Å². The normalized spacial score (nSPS) is 13.4. The predicted molar refractivity (Wildman–Crippen MR) is 186 cm³/mol. The third-order valence-electron chi connectivity index (χ3n) is 9.42. The summed E-state index contributed by atoms with van der Waals surface area (Å²) in [6.07, 6.45) is 28.4. The minimum absolute atomic E-state index is 0.0171. The van der Waals surface area contributed by atoms with Gasteiger partial charge in [0.05, 0.1) is 13.2 Å². The quantitative estimate of drug-likeness (QED) is 0.0570. The van der Waals surface area contributed by atoms with Crippen LogP contribution in [0.2, 0.25) is 0 Å². The number of rotatable bonds is 34. The molecule has 0 saturated heterocycles. The molecule has 1 aliphatic carbocycles. The average molecular weight is 623 g/mol. The standard InChI is InChI=1S/C38H74N2O4/c1-4-6-8-10-12-17-23-36(24-18-13-11-9-7-5-2)34-44-38(43)25-19-15-20-28-39(32-33-41)30-31-40(37-26-27-37)29-21-14-16-22-35(3)42/h36-37,41H,4-34H2,1-3H3. The molecule has 1 aliphatic rings. The fraction of sp³-hybridized carbons (Fsp3) is 0.947. The van der Waals surface area contributed by atoms with Crippen molar-refractivity contribution in [2.45, 2.75) is 181 Å². The number of hydrogen-bond donors (Lipinski definition) is 1. The molecule has 0 aliphatic heterocycles. The maximum Gasteiger partial charge on any atom is 0.305 e. The summed E-state index contributed by atoms with van der Waals surface area (Å²) in [4.78, 5) is 28.8. The molecule has 0 aromatic carbocycles. The number of hydrogen-bond acceptors (Lipinski definition) is 6. The Morgan fingerprint density at radius 1 is 0.659 bits per heavy atom. The highest BCUT2D eigenvalue weighted by Gasteiger charge is 2.28. The van der Waals surface area contributed by atoms with E-state index in [2.05, 4.69) is 23.6 Å². The summed E-state index contributed by atoms with van der Waals surface area (Å²) in [5.41, 5.74) is 0. The first kappa shape index (κ1) is 41.0. The molecule has 1 fully saturated rings. The number of nitrogens with zero attached hydrogens (tertiary/aromatic N) is 2. The van der Waals surface area contributed by atoms with Crippen molar-refractivity contribution >= 4 is 11.8 Å². The van der Waals surface area contributed by atoms with Crippen molar-refractivity contribution < 1.29 is 19.4 Å². The van der Waals surface area contributed by atoms with Crippen molar-refractivity contribution in [3.63, 3.8) is 0 Å². The van der Waals surface area contributed by atoms with Gasteiger partial charge in [0, 0.05) is 38.5 Å². The van der Waals surface area contributed by atoms with Gasteiger partial charge in [-0.2, -0.15) is 0 Å². The average Bonchev–Trinajstić information content (AvgIpc) is 3.85. The van der Waals surface area contributed by atoms with Gasteiger partial charge < -0.3 is 14.6 Å². The third kappa shape index (κ3) is 25.2. The van der Waals surface area contributed by atoms with E-state index in [4.69, 9.17) is 4.74 Å². The first-order valence-corrected chi connectivity index (χ1v) is 19.2. The summed E-state index contributed by atoms with van der Waals surface area (Å²) >= 11 is 0. The van der Waals surface area contributed by atoms with Crippen LogP contribution >= 0.6 is 0 Å². The lowest BCUT2D eigenvalue weighted by molar-refractivity contribution is -0.145. The molecular formula is C38H74N2O4. The van der Waals surface area contributed by atoms with Gasteiger partial charge in [-0.05, 0) is 77.3 Å². The molecule has 0 amide bonds. The van der Waals surface area contributed by atoms with Crippen LogP contribution < -0.4 is 0 Å². The third-order valence-corrected chi connectivity index (χ3v) is 9.42. The maximum atomic E-state index is 12.6. The Bertz CT molecular complexity index is 653. The van der Waals surface area contributed by atoms with E-state index >= 15 is 0 Å². The summed E-state index contributed by atoms with van der Waals surface area (Å²) < 4.78 is 5.81. The highest BCUT2D eigenvalue weighted by Crippen LogP contribution is 2.27. The van der Waals surface area contributed by atoms with E-state index in [0.29, 0.717) is 31.1 Å². The minimum Gasteiger partial charge on any atom is -0.465 e. The number of carbonyl (C=O) groups excluding carboxylic acids is 2. The van der Waals surface area contributed by atoms with Crippen molar-refractivity contribution in [3.8, 4) is 0 Å². The van der Waals surface area contributed by atoms with Crippen molar-refractivity contribution in [1.29, 1.82) is 0 Å². The molecule has 1 N–H and O–H groups in total. The van der Waals surface area contributed by atoms with Crippen molar-refractivity contribution in [3.05, 3.63) is 0 Å². The lowest BCUT2D eigenvalue weighted by atomic mass is 9.94. The Morgan fingerprint density at radius 2 is 1.20 bits per heavy atom. The lowest BCUT2D eigenvalue weighted by Crippen LogP contribution is -2.38. The maximum absolute atomic E-state index is 12.6. The number of unbranched alkanes of at least 4 members (excludes halogenated alkanes) is 14. The fourth-order valence-electron chi connectivity index (χ4n) is 6.33. The SMILES string of the molecule is CCCCCCCCC(CCCCCCCC)COC(=O)CCCCCN(CCO)CCN(CCCCCC(C)=O)C1CC1. The smallest absolute Gasteiger partial charge is 0.305 e. The van der Waals surface area contributed by atoms with Gasteiger partial charge in [-0.25, -0.2) is 0 Å². The van der Waals surface area contributed by atoms with Gasteiger partial charge in [0.2, 0.25) is 0 Å². The van der Waals surface area contributed by atoms with Gasteiger partial charge in [0.25, 0.3) is 0 Å². The molecule has 1 saturated carbocycles. The van der Waals surface area contributed by atoms with Crippen molar-refractivity contribution in [2.24, 2.45) is 5.92 Å². The zero-order valence-electron chi connectivity index (χ0n) is 29.6. The number of aliphatic hydroxyl groups excluding tert-OH is 1.